The van der Waals surface area contributed by atoms with E-state index in [0.717, 1.165) is 22.5 Å². The van der Waals surface area contributed by atoms with E-state index in [1.807, 2.05) is 32.9 Å². The van der Waals surface area contributed by atoms with E-state index in [1.165, 1.54) is 0 Å². The second-order valence-electron chi connectivity index (χ2n) is 4.98. The Balaban J connectivity index is 2.92. The van der Waals surface area contributed by atoms with Crippen molar-refractivity contribution in [2.45, 2.75) is 33.2 Å². The molecule has 0 aliphatic rings. The van der Waals surface area contributed by atoms with Gasteiger partial charge in [-0.15, -0.1) is 0 Å². The van der Waals surface area contributed by atoms with Crippen LogP contribution in [0, 0.1) is 6.92 Å². The minimum Gasteiger partial charge on any atom is -0.352 e. The van der Waals surface area contributed by atoms with E-state index in [0.29, 0.717) is 5.69 Å². The summed E-state index contributed by atoms with van der Waals surface area (Å²) in [6, 6.07) is 7.07. The van der Waals surface area contributed by atoms with Crippen LogP contribution in [0.4, 0.5) is 5.69 Å². The normalized spacial score (nSPS) is 12.8. The van der Waals surface area contributed by atoms with Gasteiger partial charge in [-0.1, -0.05) is 24.6 Å². The summed E-state index contributed by atoms with van der Waals surface area (Å²) < 4.78 is 24.8. The molecule has 5 nitrogen and oxygen atoms in total. The Hall–Kier alpha value is -1.56. The van der Waals surface area contributed by atoms with Crippen molar-refractivity contribution in [1.82, 2.24) is 5.32 Å². The van der Waals surface area contributed by atoms with E-state index < -0.39 is 10.0 Å². The molecule has 0 unspecified atom stereocenters. The van der Waals surface area contributed by atoms with Gasteiger partial charge in [-0.3, -0.25) is 9.10 Å². The summed E-state index contributed by atoms with van der Waals surface area (Å²) in [6.07, 6.45) is 1.90. The molecular formula is C14H22N2O3S. The van der Waals surface area contributed by atoms with Crippen LogP contribution in [0.15, 0.2) is 24.3 Å². The lowest BCUT2D eigenvalue weighted by Gasteiger charge is -2.23. The Morgan fingerprint density at radius 2 is 1.85 bits per heavy atom. The maximum atomic E-state index is 11.9. The van der Waals surface area contributed by atoms with Gasteiger partial charge in [-0.05, 0) is 32.4 Å². The number of aryl methyl sites for hydroxylation is 1. The molecule has 0 aromatic heterocycles. The van der Waals surface area contributed by atoms with Crippen LogP contribution in [0.1, 0.15) is 25.8 Å². The summed E-state index contributed by atoms with van der Waals surface area (Å²) >= 11 is 0. The Morgan fingerprint density at radius 3 is 2.30 bits per heavy atom. The fourth-order valence-corrected chi connectivity index (χ4v) is 2.52. The van der Waals surface area contributed by atoms with Crippen LogP contribution >= 0.6 is 0 Å². The monoisotopic (exact) mass is 298 g/mol. The van der Waals surface area contributed by atoms with Crippen LogP contribution in [0.25, 0.3) is 0 Å². The molecule has 0 heterocycles. The smallest absolute Gasteiger partial charge is 0.240 e. The third kappa shape index (κ3) is 4.85. The van der Waals surface area contributed by atoms with Crippen molar-refractivity contribution in [2.75, 3.05) is 17.1 Å². The molecule has 1 atom stereocenters. The maximum absolute atomic E-state index is 11.9. The van der Waals surface area contributed by atoms with Gasteiger partial charge in [0.15, 0.2) is 0 Å². The van der Waals surface area contributed by atoms with Gasteiger partial charge in [-0.2, -0.15) is 0 Å². The summed E-state index contributed by atoms with van der Waals surface area (Å²) in [7, 11) is -3.50. The van der Waals surface area contributed by atoms with Crippen LogP contribution in [-0.2, 0) is 14.8 Å². The number of carbonyl (C=O) groups is 1. The van der Waals surface area contributed by atoms with Crippen LogP contribution < -0.4 is 9.62 Å². The molecule has 1 aromatic carbocycles. The lowest BCUT2D eigenvalue weighted by Crippen LogP contribution is -2.43. The molecule has 0 radical (unpaired) electrons. The minimum atomic E-state index is -3.50. The van der Waals surface area contributed by atoms with Gasteiger partial charge in [0.05, 0.1) is 11.9 Å². The fraction of sp³-hybridized carbons (Fsp3) is 0.500. The van der Waals surface area contributed by atoms with Crippen LogP contribution in [0.5, 0.6) is 0 Å². The second kappa shape index (κ2) is 6.74. The summed E-state index contributed by atoms with van der Waals surface area (Å²) in [5, 5.41) is 2.77. The Kier molecular flexibility index (Phi) is 5.56. The van der Waals surface area contributed by atoms with Crippen molar-refractivity contribution >= 4 is 21.6 Å². The summed E-state index contributed by atoms with van der Waals surface area (Å²) in [6.45, 7) is 5.56. The summed E-state index contributed by atoms with van der Waals surface area (Å²) in [4.78, 5) is 11.9. The van der Waals surface area contributed by atoms with E-state index in [-0.39, 0.29) is 18.5 Å². The molecule has 0 saturated heterocycles. The molecule has 0 saturated carbocycles. The molecule has 1 rings (SSSR count). The number of anilines is 1. The van der Waals surface area contributed by atoms with E-state index in [1.54, 1.807) is 12.1 Å². The Labute approximate surface area is 121 Å². The van der Waals surface area contributed by atoms with Gasteiger partial charge in [0, 0.05) is 6.04 Å². The molecule has 1 N–H and O–H groups in total. The summed E-state index contributed by atoms with van der Waals surface area (Å²) in [5.74, 6) is -0.301. The van der Waals surface area contributed by atoms with Crippen LogP contribution in [0.2, 0.25) is 0 Å². The second-order valence-corrected chi connectivity index (χ2v) is 6.89. The topological polar surface area (TPSA) is 66.5 Å². The molecular weight excluding hydrogens is 276 g/mol. The van der Waals surface area contributed by atoms with Crippen molar-refractivity contribution < 1.29 is 13.2 Å². The molecule has 0 aliphatic carbocycles. The predicted octanol–water partition coefficient (Wildman–Crippen LogP) is 1.68. The number of nitrogens with zero attached hydrogens (tertiary/aromatic N) is 1. The highest BCUT2D eigenvalue weighted by Gasteiger charge is 2.21. The van der Waals surface area contributed by atoms with Gasteiger partial charge in [0.25, 0.3) is 0 Å². The third-order valence-electron chi connectivity index (χ3n) is 3.03. The number of sulfonamides is 1. The predicted molar refractivity (Wildman–Crippen MR) is 81.3 cm³/mol. The SMILES string of the molecule is CC[C@H](C)NC(=O)CN(c1ccc(C)cc1)S(C)(=O)=O. The number of hydrogen-bond donors (Lipinski definition) is 1. The van der Waals surface area contributed by atoms with Crippen molar-refractivity contribution in [2.24, 2.45) is 0 Å². The number of benzene rings is 1. The number of nitrogens with one attached hydrogen (secondary N) is 1. The van der Waals surface area contributed by atoms with Gasteiger partial charge >= 0.3 is 0 Å². The molecule has 112 valence electrons. The first-order valence-electron chi connectivity index (χ1n) is 6.57. The molecule has 0 spiro atoms. The van der Waals surface area contributed by atoms with Crippen molar-refractivity contribution in [3.05, 3.63) is 29.8 Å². The van der Waals surface area contributed by atoms with Crippen molar-refractivity contribution in [1.29, 1.82) is 0 Å². The van der Waals surface area contributed by atoms with E-state index in [2.05, 4.69) is 5.32 Å². The van der Waals surface area contributed by atoms with Crippen LogP contribution in [-0.4, -0.2) is 33.2 Å². The van der Waals surface area contributed by atoms with Crippen LogP contribution in [0.3, 0.4) is 0 Å². The highest BCUT2D eigenvalue weighted by molar-refractivity contribution is 7.92. The fourth-order valence-electron chi connectivity index (χ4n) is 1.66. The average Bonchev–Trinajstić information content (AvgIpc) is 2.36. The van der Waals surface area contributed by atoms with Crippen molar-refractivity contribution in [3.8, 4) is 0 Å². The molecule has 1 amide bonds. The Morgan fingerprint density at radius 1 is 1.30 bits per heavy atom. The van der Waals surface area contributed by atoms with E-state index in [4.69, 9.17) is 0 Å². The first kappa shape index (κ1) is 16.5. The highest BCUT2D eigenvalue weighted by Crippen LogP contribution is 2.17. The maximum Gasteiger partial charge on any atom is 0.240 e. The lowest BCUT2D eigenvalue weighted by molar-refractivity contribution is -0.120. The quantitative estimate of drug-likeness (QED) is 0.869. The molecule has 6 heteroatoms. The molecule has 20 heavy (non-hydrogen) atoms. The zero-order valence-electron chi connectivity index (χ0n) is 12.4. The van der Waals surface area contributed by atoms with E-state index >= 15 is 0 Å². The number of carbonyl (C=O) groups excluding carboxylic acids is 1. The van der Waals surface area contributed by atoms with Gasteiger partial charge in [0.2, 0.25) is 15.9 Å². The zero-order chi connectivity index (χ0) is 15.3. The Bertz CT molecular complexity index is 552. The standard InChI is InChI=1S/C14H22N2O3S/c1-5-12(3)15-14(17)10-16(20(4,18)19)13-8-6-11(2)7-9-13/h6-9,12H,5,10H2,1-4H3,(H,15,17)/t12-/m0/s1. The molecule has 1 aromatic rings. The lowest BCUT2D eigenvalue weighted by atomic mass is 10.2. The van der Waals surface area contributed by atoms with Gasteiger partial charge in [-0.25, -0.2) is 8.42 Å². The van der Waals surface area contributed by atoms with Crippen molar-refractivity contribution in [3.63, 3.8) is 0 Å². The van der Waals surface area contributed by atoms with Gasteiger partial charge < -0.3 is 5.32 Å². The van der Waals surface area contributed by atoms with E-state index in [9.17, 15) is 13.2 Å². The zero-order valence-corrected chi connectivity index (χ0v) is 13.2. The molecule has 0 bridgehead atoms. The molecule has 0 aliphatic heterocycles. The summed E-state index contributed by atoms with van der Waals surface area (Å²) in [5.41, 5.74) is 1.53. The first-order valence-corrected chi connectivity index (χ1v) is 8.42. The highest BCUT2D eigenvalue weighted by atomic mass is 32.2. The number of hydrogen-bond acceptors (Lipinski definition) is 3. The first-order chi connectivity index (χ1) is 9.24. The third-order valence-corrected chi connectivity index (χ3v) is 4.17. The minimum absolute atomic E-state index is 0.0296. The number of rotatable bonds is 6. The van der Waals surface area contributed by atoms with Gasteiger partial charge in [0.1, 0.15) is 6.54 Å². The average molecular weight is 298 g/mol. The largest absolute Gasteiger partial charge is 0.352 e. The molecule has 0 fully saturated rings. The number of amides is 1.